The monoisotopic (exact) mass is 290 g/mol. The first kappa shape index (κ1) is 15.5. The number of piperazine rings is 1. The normalized spacial score (nSPS) is 19.4. The number of rotatable bonds is 2. The fraction of sp³-hybridized carbons (Fsp3) is 0.500. The first-order valence-electron chi connectivity index (χ1n) is 7.16. The van der Waals surface area contributed by atoms with Crippen molar-refractivity contribution in [3.05, 3.63) is 35.4 Å². The molecule has 1 aliphatic heterocycles. The summed E-state index contributed by atoms with van der Waals surface area (Å²) in [7, 11) is 0. The molecule has 5 heteroatoms. The van der Waals surface area contributed by atoms with Crippen LogP contribution in [-0.2, 0) is 10.2 Å². The van der Waals surface area contributed by atoms with E-state index in [1.807, 2.05) is 12.1 Å². The summed E-state index contributed by atoms with van der Waals surface area (Å²) in [5.74, 6) is -1.19. The second-order valence-corrected chi connectivity index (χ2v) is 6.38. The van der Waals surface area contributed by atoms with Crippen LogP contribution in [0.1, 0.15) is 36.7 Å². The fourth-order valence-electron chi connectivity index (χ4n) is 2.45. The van der Waals surface area contributed by atoms with Crippen LogP contribution in [0.15, 0.2) is 24.3 Å². The van der Waals surface area contributed by atoms with Crippen molar-refractivity contribution in [3.8, 4) is 0 Å². The Hall–Kier alpha value is -1.88. The first-order chi connectivity index (χ1) is 9.80. The Morgan fingerprint density at radius 2 is 1.86 bits per heavy atom. The zero-order valence-corrected chi connectivity index (χ0v) is 12.7. The summed E-state index contributed by atoms with van der Waals surface area (Å²) in [6, 6.07) is 6.64. The number of hydrogen-bond acceptors (Lipinski definition) is 3. The maximum Gasteiger partial charge on any atom is 0.327 e. The lowest BCUT2D eigenvalue weighted by Crippen LogP contribution is -2.56. The van der Waals surface area contributed by atoms with Crippen LogP contribution in [-0.4, -0.2) is 47.6 Å². The van der Waals surface area contributed by atoms with Gasteiger partial charge in [-0.05, 0) is 23.1 Å². The van der Waals surface area contributed by atoms with E-state index in [4.69, 9.17) is 0 Å². The molecule has 2 rings (SSSR count). The zero-order valence-electron chi connectivity index (χ0n) is 12.7. The molecule has 0 radical (unpaired) electrons. The van der Waals surface area contributed by atoms with Crippen LogP contribution in [0.4, 0.5) is 0 Å². The topological polar surface area (TPSA) is 69.6 Å². The minimum Gasteiger partial charge on any atom is -0.480 e. The van der Waals surface area contributed by atoms with Crippen LogP contribution in [0.5, 0.6) is 0 Å². The van der Waals surface area contributed by atoms with Gasteiger partial charge >= 0.3 is 5.97 Å². The van der Waals surface area contributed by atoms with Crippen LogP contribution in [0.3, 0.4) is 0 Å². The van der Waals surface area contributed by atoms with Gasteiger partial charge in [0.1, 0.15) is 6.04 Å². The highest BCUT2D eigenvalue weighted by molar-refractivity contribution is 5.96. The highest BCUT2D eigenvalue weighted by Crippen LogP contribution is 2.22. The number of nitrogens with one attached hydrogen (secondary N) is 1. The van der Waals surface area contributed by atoms with Gasteiger partial charge in [0.2, 0.25) is 0 Å². The minimum atomic E-state index is -0.970. The highest BCUT2D eigenvalue weighted by atomic mass is 16.4. The van der Waals surface area contributed by atoms with Gasteiger partial charge in [-0.2, -0.15) is 0 Å². The minimum absolute atomic E-state index is 0.0280. The van der Waals surface area contributed by atoms with E-state index in [1.54, 1.807) is 12.1 Å². The number of carbonyl (C=O) groups is 2. The summed E-state index contributed by atoms with van der Waals surface area (Å²) in [4.78, 5) is 25.2. The molecule has 0 saturated carbocycles. The molecule has 1 atom stereocenters. The van der Waals surface area contributed by atoms with Gasteiger partial charge in [-0.1, -0.05) is 32.9 Å². The Balaban J connectivity index is 2.20. The molecule has 0 aromatic heterocycles. The van der Waals surface area contributed by atoms with Crippen molar-refractivity contribution < 1.29 is 14.7 Å². The van der Waals surface area contributed by atoms with Crippen molar-refractivity contribution in [1.29, 1.82) is 0 Å². The van der Waals surface area contributed by atoms with Gasteiger partial charge in [0, 0.05) is 25.2 Å². The Morgan fingerprint density at radius 3 is 2.38 bits per heavy atom. The van der Waals surface area contributed by atoms with Crippen LogP contribution in [0.2, 0.25) is 0 Å². The molecule has 1 aliphatic rings. The molecule has 1 unspecified atom stereocenters. The predicted octanol–water partition coefficient (Wildman–Crippen LogP) is 1.48. The number of carboxylic acid groups (broad SMARTS) is 1. The van der Waals surface area contributed by atoms with Gasteiger partial charge in [0.15, 0.2) is 0 Å². The molecule has 0 aliphatic carbocycles. The van der Waals surface area contributed by atoms with E-state index in [1.165, 1.54) is 4.90 Å². The van der Waals surface area contributed by atoms with Crippen molar-refractivity contribution in [2.75, 3.05) is 19.6 Å². The third-order valence-corrected chi connectivity index (χ3v) is 3.79. The van der Waals surface area contributed by atoms with Gasteiger partial charge in [0.25, 0.3) is 5.91 Å². The average Bonchev–Trinajstić information content (AvgIpc) is 2.45. The zero-order chi connectivity index (χ0) is 15.6. The quantitative estimate of drug-likeness (QED) is 0.865. The van der Waals surface area contributed by atoms with Gasteiger partial charge in [-0.3, -0.25) is 4.79 Å². The maximum absolute atomic E-state index is 12.5. The highest BCUT2D eigenvalue weighted by Gasteiger charge is 2.32. The summed E-state index contributed by atoms with van der Waals surface area (Å²) < 4.78 is 0. The van der Waals surface area contributed by atoms with E-state index in [2.05, 4.69) is 26.1 Å². The Labute approximate surface area is 125 Å². The number of carbonyl (C=O) groups excluding carboxylic acids is 1. The van der Waals surface area contributed by atoms with Gasteiger partial charge in [-0.15, -0.1) is 0 Å². The molecule has 1 amide bonds. The third-order valence-electron chi connectivity index (χ3n) is 3.79. The maximum atomic E-state index is 12.5. The van der Waals surface area contributed by atoms with Crippen LogP contribution >= 0.6 is 0 Å². The number of carboxylic acids is 1. The van der Waals surface area contributed by atoms with E-state index >= 15 is 0 Å². The summed E-state index contributed by atoms with van der Waals surface area (Å²) in [5, 5.41) is 12.2. The molecule has 2 N–H and O–H groups in total. The van der Waals surface area contributed by atoms with Gasteiger partial charge in [-0.25, -0.2) is 4.79 Å². The molecule has 0 bridgehead atoms. The third kappa shape index (κ3) is 3.42. The molecule has 1 saturated heterocycles. The average molecular weight is 290 g/mol. The number of nitrogens with zero attached hydrogens (tertiary/aromatic N) is 1. The van der Waals surface area contributed by atoms with Crippen LogP contribution < -0.4 is 5.32 Å². The molecule has 1 aromatic carbocycles. The van der Waals surface area contributed by atoms with Crippen molar-refractivity contribution in [3.63, 3.8) is 0 Å². The first-order valence-corrected chi connectivity index (χ1v) is 7.16. The Morgan fingerprint density at radius 1 is 1.24 bits per heavy atom. The molecule has 114 valence electrons. The van der Waals surface area contributed by atoms with Gasteiger partial charge in [0.05, 0.1) is 0 Å². The molecular weight excluding hydrogens is 268 g/mol. The van der Waals surface area contributed by atoms with Crippen LogP contribution in [0.25, 0.3) is 0 Å². The molecule has 5 nitrogen and oxygen atoms in total. The summed E-state index contributed by atoms with van der Waals surface area (Å²) in [5.41, 5.74) is 1.71. The van der Waals surface area contributed by atoms with E-state index in [-0.39, 0.29) is 11.3 Å². The van der Waals surface area contributed by atoms with Crippen molar-refractivity contribution in [1.82, 2.24) is 10.2 Å². The SMILES string of the molecule is CC(C)(C)c1ccc(C(=O)N2CCNCC2C(=O)O)cc1. The van der Waals surface area contributed by atoms with Crippen molar-refractivity contribution >= 4 is 11.9 Å². The summed E-state index contributed by atoms with van der Waals surface area (Å²) in [6.07, 6.45) is 0. The standard InChI is InChI=1S/C16H22N2O3/c1-16(2,3)12-6-4-11(5-7-12)14(19)18-9-8-17-10-13(18)15(20)21/h4-7,13,17H,8-10H2,1-3H3,(H,20,21). The van der Waals surface area contributed by atoms with Crippen LogP contribution in [0, 0.1) is 0 Å². The molecule has 1 aromatic rings. The van der Waals surface area contributed by atoms with E-state index in [9.17, 15) is 14.7 Å². The number of hydrogen-bond donors (Lipinski definition) is 2. The van der Waals surface area contributed by atoms with E-state index < -0.39 is 12.0 Å². The second kappa shape index (κ2) is 5.85. The molecule has 0 spiro atoms. The lowest BCUT2D eigenvalue weighted by Gasteiger charge is -2.33. The Kier molecular flexibility index (Phi) is 4.32. The Bertz CT molecular complexity index is 531. The number of benzene rings is 1. The molecular formula is C16H22N2O3. The summed E-state index contributed by atoms with van der Waals surface area (Å²) in [6.45, 7) is 7.66. The van der Waals surface area contributed by atoms with Gasteiger partial charge < -0.3 is 15.3 Å². The lowest BCUT2D eigenvalue weighted by atomic mass is 9.86. The molecule has 21 heavy (non-hydrogen) atoms. The molecule has 1 fully saturated rings. The summed E-state index contributed by atoms with van der Waals surface area (Å²) >= 11 is 0. The van der Waals surface area contributed by atoms with E-state index in [0.717, 1.165) is 5.56 Å². The second-order valence-electron chi connectivity index (χ2n) is 6.38. The molecule has 1 heterocycles. The van der Waals surface area contributed by atoms with Crippen molar-refractivity contribution in [2.24, 2.45) is 0 Å². The van der Waals surface area contributed by atoms with E-state index in [0.29, 0.717) is 25.2 Å². The smallest absolute Gasteiger partial charge is 0.327 e. The fourth-order valence-corrected chi connectivity index (χ4v) is 2.45. The van der Waals surface area contributed by atoms with Crippen molar-refractivity contribution in [2.45, 2.75) is 32.2 Å². The number of aliphatic carboxylic acids is 1. The predicted molar refractivity (Wildman–Crippen MR) is 80.5 cm³/mol. The number of amides is 1. The largest absolute Gasteiger partial charge is 0.480 e. The lowest BCUT2D eigenvalue weighted by molar-refractivity contribution is -0.142.